The molecule has 7 heteroatoms. The molecule has 1 saturated heterocycles. The Bertz CT molecular complexity index is 360. The second-order valence-corrected chi connectivity index (χ2v) is 6.67. The van der Waals surface area contributed by atoms with Gasteiger partial charge in [0, 0.05) is 26.6 Å². The normalized spacial score (nSPS) is 18.9. The maximum absolute atomic E-state index is 11.9. The van der Waals surface area contributed by atoms with Crippen molar-refractivity contribution in [3.8, 4) is 0 Å². The van der Waals surface area contributed by atoms with Gasteiger partial charge in [-0.1, -0.05) is 0 Å². The summed E-state index contributed by atoms with van der Waals surface area (Å²) in [6.07, 6.45) is 2.31. The van der Waals surface area contributed by atoms with Gasteiger partial charge in [-0.2, -0.15) is 0 Å². The van der Waals surface area contributed by atoms with Crippen LogP contribution >= 0.6 is 0 Å². The number of methoxy groups -OCH3 is 1. The number of rotatable bonds is 7. The zero-order valence-corrected chi connectivity index (χ0v) is 11.5. The van der Waals surface area contributed by atoms with Gasteiger partial charge in [0.2, 0.25) is 10.0 Å². The van der Waals surface area contributed by atoms with Crippen molar-refractivity contribution in [3.63, 3.8) is 0 Å². The fourth-order valence-corrected chi connectivity index (χ4v) is 3.52. The van der Waals surface area contributed by atoms with Crippen molar-refractivity contribution in [2.75, 3.05) is 32.6 Å². The highest BCUT2D eigenvalue weighted by molar-refractivity contribution is 7.89. The summed E-state index contributed by atoms with van der Waals surface area (Å²) in [7, 11) is -1.73. The van der Waals surface area contributed by atoms with Gasteiger partial charge < -0.3 is 9.84 Å². The van der Waals surface area contributed by atoms with Gasteiger partial charge >= 0.3 is 5.97 Å². The van der Waals surface area contributed by atoms with E-state index in [1.807, 2.05) is 0 Å². The Balaban J connectivity index is 2.36. The van der Waals surface area contributed by atoms with E-state index in [4.69, 9.17) is 9.84 Å². The van der Waals surface area contributed by atoms with Gasteiger partial charge in [-0.25, -0.2) is 12.7 Å². The van der Waals surface area contributed by atoms with Crippen molar-refractivity contribution in [2.45, 2.75) is 25.7 Å². The van der Waals surface area contributed by atoms with Gasteiger partial charge in [-0.3, -0.25) is 4.79 Å². The van der Waals surface area contributed by atoms with Crippen LogP contribution in [0.3, 0.4) is 0 Å². The molecule has 0 radical (unpaired) electrons. The molecule has 1 N–H and O–H groups in total. The number of hydrogen-bond donors (Lipinski definition) is 1. The molecule has 18 heavy (non-hydrogen) atoms. The fourth-order valence-electron chi connectivity index (χ4n) is 2.12. The standard InChI is InChI=1S/C11H21NO5S/c1-17-8-9-18(15,16)12-6-4-10(5-7-12)2-3-11(13)14/h10H,2-9H2,1H3,(H,13,14). The molecule has 106 valence electrons. The summed E-state index contributed by atoms with van der Waals surface area (Å²) in [4.78, 5) is 10.5. The number of hydrogen-bond acceptors (Lipinski definition) is 4. The van der Waals surface area contributed by atoms with Crippen molar-refractivity contribution < 1.29 is 23.1 Å². The summed E-state index contributed by atoms with van der Waals surface area (Å²) in [5, 5.41) is 8.60. The molecule has 1 aliphatic heterocycles. The van der Waals surface area contributed by atoms with Crippen molar-refractivity contribution in [2.24, 2.45) is 5.92 Å². The van der Waals surface area contributed by atoms with E-state index in [-0.39, 0.29) is 18.8 Å². The molecule has 0 bridgehead atoms. The summed E-state index contributed by atoms with van der Waals surface area (Å²) >= 11 is 0. The fraction of sp³-hybridized carbons (Fsp3) is 0.909. The van der Waals surface area contributed by atoms with E-state index in [1.165, 1.54) is 11.4 Å². The third kappa shape index (κ3) is 4.91. The molecule has 1 heterocycles. The predicted molar refractivity (Wildman–Crippen MR) is 66.8 cm³/mol. The Morgan fingerprint density at radius 2 is 2.00 bits per heavy atom. The maximum atomic E-state index is 11.9. The molecule has 0 aromatic carbocycles. The highest BCUT2D eigenvalue weighted by Crippen LogP contribution is 2.23. The number of piperidine rings is 1. The zero-order valence-electron chi connectivity index (χ0n) is 10.7. The number of carbonyl (C=O) groups is 1. The molecule has 0 atom stereocenters. The predicted octanol–water partition coefficient (Wildman–Crippen LogP) is 0.539. The first-order chi connectivity index (χ1) is 8.45. The number of aliphatic carboxylic acids is 1. The van der Waals surface area contributed by atoms with Gasteiger partial charge in [0.05, 0.1) is 12.4 Å². The maximum Gasteiger partial charge on any atom is 0.303 e. The van der Waals surface area contributed by atoms with Crippen molar-refractivity contribution in [1.29, 1.82) is 0 Å². The second kappa shape index (κ2) is 7.06. The minimum Gasteiger partial charge on any atom is -0.481 e. The van der Waals surface area contributed by atoms with Crippen LogP contribution < -0.4 is 0 Å². The third-order valence-electron chi connectivity index (χ3n) is 3.28. The van der Waals surface area contributed by atoms with E-state index in [1.54, 1.807) is 0 Å². The first kappa shape index (κ1) is 15.4. The Hall–Kier alpha value is -0.660. The highest BCUT2D eigenvalue weighted by Gasteiger charge is 2.27. The van der Waals surface area contributed by atoms with Crippen LogP contribution in [0.2, 0.25) is 0 Å². The lowest BCUT2D eigenvalue weighted by Gasteiger charge is -2.30. The van der Waals surface area contributed by atoms with Gasteiger partial charge in [-0.15, -0.1) is 0 Å². The first-order valence-electron chi connectivity index (χ1n) is 6.14. The van der Waals surface area contributed by atoms with Crippen LogP contribution in [0.4, 0.5) is 0 Å². The van der Waals surface area contributed by atoms with Crippen LogP contribution in [0.15, 0.2) is 0 Å². The van der Waals surface area contributed by atoms with Crippen molar-refractivity contribution in [3.05, 3.63) is 0 Å². The monoisotopic (exact) mass is 279 g/mol. The zero-order chi connectivity index (χ0) is 13.6. The van der Waals surface area contributed by atoms with Gasteiger partial charge in [0.15, 0.2) is 0 Å². The van der Waals surface area contributed by atoms with Gasteiger partial charge in [0.25, 0.3) is 0 Å². The Morgan fingerprint density at radius 1 is 1.39 bits per heavy atom. The Kier molecular flexibility index (Phi) is 6.04. The molecule has 0 aromatic rings. The van der Waals surface area contributed by atoms with Crippen molar-refractivity contribution >= 4 is 16.0 Å². The third-order valence-corrected chi connectivity index (χ3v) is 5.11. The van der Waals surface area contributed by atoms with Crippen LogP contribution in [-0.2, 0) is 19.6 Å². The molecule has 0 aliphatic carbocycles. The minimum atomic E-state index is -3.21. The minimum absolute atomic E-state index is 0.0172. The number of carboxylic acids is 1. The Morgan fingerprint density at radius 3 is 2.50 bits per heavy atom. The molecular formula is C11H21NO5S. The molecule has 0 aromatic heterocycles. The molecule has 1 aliphatic rings. The average molecular weight is 279 g/mol. The summed E-state index contributed by atoms with van der Waals surface area (Å²) in [5.41, 5.74) is 0. The van der Waals surface area contributed by atoms with Gasteiger partial charge in [-0.05, 0) is 25.2 Å². The van der Waals surface area contributed by atoms with E-state index in [9.17, 15) is 13.2 Å². The van der Waals surface area contributed by atoms with Crippen LogP contribution in [0.5, 0.6) is 0 Å². The molecule has 0 unspecified atom stereocenters. The quantitative estimate of drug-likeness (QED) is 0.735. The number of ether oxygens (including phenoxy) is 1. The van der Waals surface area contributed by atoms with Gasteiger partial charge in [0.1, 0.15) is 0 Å². The molecule has 6 nitrogen and oxygen atoms in total. The lowest BCUT2D eigenvalue weighted by molar-refractivity contribution is -0.137. The van der Waals surface area contributed by atoms with Crippen LogP contribution in [0, 0.1) is 5.92 Å². The van der Waals surface area contributed by atoms with Crippen LogP contribution in [0.25, 0.3) is 0 Å². The number of carboxylic acid groups (broad SMARTS) is 1. The summed E-state index contributed by atoms with van der Waals surface area (Å²) in [6.45, 7) is 1.20. The van der Waals surface area contributed by atoms with E-state index < -0.39 is 16.0 Å². The Labute approximate surface area is 108 Å². The van der Waals surface area contributed by atoms with E-state index >= 15 is 0 Å². The molecular weight excluding hydrogens is 258 g/mol. The molecule has 1 fully saturated rings. The van der Waals surface area contributed by atoms with Crippen molar-refractivity contribution in [1.82, 2.24) is 4.31 Å². The lowest BCUT2D eigenvalue weighted by atomic mass is 9.93. The molecule has 0 saturated carbocycles. The van der Waals surface area contributed by atoms with E-state index in [2.05, 4.69) is 0 Å². The van der Waals surface area contributed by atoms with Crippen LogP contribution in [0.1, 0.15) is 25.7 Å². The van der Waals surface area contributed by atoms with E-state index in [0.29, 0.717) is 25.4 Å². The number of nitrogens with zero attached hydrogens (tertiary/aromatic N) is 1. The van der Waals surface area contributed by atoms with Crippen LogP contribution in [-0.4, -0.2) is 56.4 Å². The number of sulfonamides is 1. The lowest BCUT2D eigenvalue weighted by Crippen LogP contribution is -2.40. The SMILES string of the molecule is COCCS(=O)(=O)N1CCC(CCC(=O)O)CC1. The highest BCUT2D eigenvalue weighted by atomic mass is 32.2. The molecule has 0 spiro atoms. The smallest absolute Gasteiger partial charge is 0.303 e. The van der Waals surface area contributed by atoms with E-state index in [0.717, 1.165) is 12.8 Å². The second-order valence-electron chi connectivity index (χ2n) is 4.58. The molecule has 0 amide bonds. The average Bonchev–Trinajstić information content (AvgIpc) is 2.34. The largest absolute Gasteiger partial charge is 0.481 e. The summed E-state index contributed by atoms with van der Waals surface area (Å²) in [5.74, 6) is -0.441. The first-order valence-corrected chi connectivity index (χ1v) is 7.75. The molecule has 1 rings (SSSR count). The summed E-state index contributed by atoms with van der Waals surface area (Å²) in [6, 6.07) is 0. The topological polar surface area (TPSA) is 83.9 Å². The summed E-state index contributed by atoms with van der Waals surface area (Å²) < 4.78 is 30.0.